The summed E-state index contributed by atoms with van der Waals surface area (Å²) in [5, 5.41) is 6.97. The molecule has 1 aliphatic heterocycles. The number of aromatic nitrogens is 2. The van der Waals surface area contributed by atoms with Crippen molar-refractivity contribution in [2.75, 3.05) is 26.7 Å². The van der Waals surface area contributed by atoms with E-state index in [4.69, 9.17) is 4.74 Å². The van der Waals surface area contributed by atoms with Crippen LogP contribution in [0.25, 0.3) is 11.0 Å². The largest absolute Gasteiger partial charge is 0.377 e. The first-order valence-electron chi connectivity index (χ1n) is 10.9. The Morgan fingerprint density at radius 2 is 2.07 bits per heavy atom. The van der Waals surface area contributed by atoms with Crippen LogP contribution in [0.2, 0.25) is 0 Å². The maximum absolute atomic E-state index is 6.10. The van der Waals surface area contributed by atoms with Gasteiger partial charge in [0.05, 0.1) is 17.1 Å². The van der Waals surface area contributed by atoms with Gasteiger partial charge in [-0.15, -0.1) is 0 Å². The average Bonchev–Trinajstić information content (AvgIpc) is 3.02. The van der Waals surface area contributed by atoms with Crippen LogP contribution < -0.4 is 10.6 Å². The molecular formula is C23H37N5O. The minimum absolute atomic E-state index is 0.162. The van der Waals surface area contributed by atoms with Crippen molar-refractivity contribution in [3.05, 3.63) is 30.1 Å². The minimum Gasteiger partial charge on any atom is -0.377 e. The fourth-order valence-corrected chi connectivity index (χ4v) is 4.38. The number of hydrogen-bond donors (Lipinski definition) is 2. The van der Waals surface area contributed by atoms with Crippen LogP contribution in [0, 0.1) is 18.3 Å². The summed E-state index contributed by atoms with van der Waals surface area (Å²) in [6.45, 7) is 12.5. The van der Waals surface area contributed by atoms with Crippen LogP contribution in [0.15, 0.2) is 29.3 Å². The summed E-state index contributed by atoms with van der Waals surface area (Å²) >= 11 is 0. The Bertz CT molecular complexity index is 820. The number of nitrogens with one attached hydrogen (secondary N) is 2. The van der Waals surface area contributed by atoms with Crippen molar-refractivity contribution < 1.29 is 4.74 Å². The molecule has 0 aliphatic carbocycles. The zero-order valence-corrected chi connectivity index (χ0v) is 18.7. The number of ether oxygens (including phenoxy) is 1. The van der Waals surface area contributed by atoms with E-state index in [0.717, 1.165) is 56.4 Å². The summed E-state index contributed by atoms with van der Waals surface area (Å²) in [6, 6.07) is 8.32. The average molecular weight is 400 g/mol. The fraction of sp³-hybridized carbons (Fsp3) is 0.652. The molecule has 1 aromatic heterocycles. The number of fused-ring (bicyclic) bond motifs is 1. The second kappa shape index (κ2) is 9.61. The summed E-state index contributed by atoms with van der Waals surface area (Å²) in [4.78, 5) is 9.04. The van der Waals surface area contributed by atoms with Crippen molar-refractivity contribution in [1.29, 1.82) is 0 Å². The van der Waals surface area contributed by atoms with Crippen LogP contribution >= 0.6 is 0 Å². The Morgan fingerprint density at radius 3 is 2.83 bits per heavy atom. The van der Waals surface area contributed by atoms with E-state index in [9.17, 15) is 0 Å². The van der Waals surface area contributed by atoms with Crippen molar-refractivity contribution in [2.45, 2.75) is 59.6 Å². The number of nitrogens with zero attached hydrogens (tertiary/aromatic N) is 3. The van der Waals surface area contributed by atoms with E-state index in [2.05, 4.69) is 71.1 Å². The Morgan fingerprint density at radius 1 is 1.28 bits per heavy atom. The molecule has 2 heterocycles. The SMILES string of the molecule is CN=C(NCCCn1c(C)nc2ccccc21)NCC1CCCOC1C(C)(C)C. The van der Waals surface area contributed by atoms with Gasteiger partial charge in [0.2, 0.25) is 0 Å². The predicted molar refractivity (Wildman–Crippen MR) is 120 cm³/mol. The second-order valence-corrected chi connectivity index (χ2v) is 9.09. The van der Waals surface area contributed by atoms with Gasteiger partial charge in [0.15, 0.2) is 5.96 Å². The summed E-state index contributed by atoms with van der Waals surface area (Å²) < 4.78 is 8.39. The van der Waals surface area contributed by atoms with Crippen LogP contribution in [0.5, 0.6) is 0 Å². The standard InChI is InChI=1S/C23H37N5O/c1-17-27-19-11-6-7-12-20(19)28(17)14-9-13-25-22(24-5)26-16-18-10-8-15-29-21(18)23(2,3)4/h6-7,11-12,18,21H,8-10,13-16H2,1-5H3,(H2,24,25,26). The molecule has 29 heavy (non-hydrogen) atoms. The molecule has 1 fully saturated rings. The first kappa shape index (κ1) is 21.6. The normalized spacial score (nSPS) is 20.8. The van der Waals surface area contributed by atoms with Crippen molar-refractivity contribution in [2.24, 2.45) is 16.3 Å². The number of benzene rings is 1. The number of imidazole rings is 1. The molecule has 2 N–H and O–H groups in total. The van der Waals surface area contributed by atoms with Crippen molar-refractivity contribution >= 4 is 17.0 Å². The Hall–Kier alpha value is -2.08. The Kier molecular flexibility index (Phi) is 7.17. The zero-order chi connectivity index (χ0) is 20.9. The number of aryl methyl sites for hydroxylation is 2. The lowest BCUT2D eigenvalue weighted by Gasteiger charge is -2.40. The van der Waals surface area contributed by atoms with Gasteiger partial charge in [-0.25, -0.2) is 4.98 Å². The van der Waals surface area contributed by atoms with E-state index in [-0.39, 0.29) is 5.41 Å². The molecule has 1 aromatic carbocycles. The van der Waals surface area contributed by atoms with Gasteiger partial charge in [-0.1, -0.05) is 32.9 Å². The molecule has 3 rings (SSSR count). The second-order valence-electron chi connectivity index (χ2n) is 9.09. The van der Waals surface area contributed by atoms with Crippen molar-refractivity contribution in [1.82, 2.24) is 20.2 Å². The van der Waals surface area contributed by atoms with Gasteiger partial charge >= 0.3 is 0 Å². The maximum Gasteiger partial charge on any atom is 0.190 e. The van der Waals surface area contributed by atoms with Crippen LogP contribution in [0.4, 0.5) is 0 Å². The van der Waals surface area contributed by atoms with Gasteiger partial charge in [0, 0.05) is 39.2 Å². The molecule has 0 saturated carbocycles. The maximum atomic E-state index is 6.10. The third-order valence-corrected chi connectivity index (χ3v) is 5.75. The molecule has 0 radical (unpaired) electrons. The lowest BCUT2D eigenvalue weighted by Crippen LogP contribution is -2.47. The van der Waals surface area contributed by atoms with Crippen LogP contribution in [-0.2, 0) is 11.3 Å². The van der Waals surface area contributed by atoms with Crippen LogP contribution in [0.3, 0.4) is 0 Å². The van der Waals surface area contributed by atoms with Crippen molar-refractivity contribution in [3.8, 4) is 0 Å². The van der Waals surface area contributed by atoms with Gasteiger partial charge in [-0.05, 0) is 43.7 Å². The third-order valence-electron chi connectivity index (χ3n) is 5.75. The number of para-hydroxylation sites is 2. The van der Waals surface area contributed by atoms with E-state index >= 15 is 0 Å². The smallest absolute Gasteiger partial charge is 0.190 e. The first-order chi connectivity index (χ1) is 13.9. The van der Waals surface area contributed by atoms with E-state index in [0.29, 0.717) is 12.0 Å². The molecule has 2 atom stereocenters. The molecule has 6 heteroatoms. The molecule has 2 aromatic rings. The Labute approximate surface area is 175 Å². The molecule has 0 bridgehead atoms. The van der Waals surface area contributed by atoms with Gasteiger partial charge in [0.25, 0.3) is 0 Å². The van der Waals surface area contributed by atoms with E-state index < -0.39 is 0 Å². The molecule has 1 aliphatic rings. The highest BCUT2D eigenvalue weighted by Gasteiger charge is 2.35. The van der Waals surface area contributed by atoms with Gasteiger partial charge in [0.1, 0.15) is 5.82 Å². The fourth-order valence-electron chi connectivity index (χ4n) is 4.38. The summed E-state index contributed by atoms with van der Waals surface area (Å²) in [5.74, 6) is 2.46. The van der Waals surface area contributed by atoms with Crippen LogP contribution in [0.1, 0.15) is 45.9 Å². The highest BCUT2D eigenvalue weighted by molar-refractivity contribution is 5.79. The lowest BCUT2D eigenvalue weighted by molar-refractivity contribution is -0.0835. The monoisotopic (exact) mass is 399 g/mol. The predicted octanol–water partition coefficient (Wildman–Crippen LogP) is 3.74. The topological polar surface area (TPSA) is 63.5 Å². The Balaban J connectivity index is 1.46. The van der Waals surface area contributed by atoms with Crippen LogP contribution in [-0.4, -0.2) is 48.4 Å². The van der Waals surface area contributed by atoms with Gasteiger partial charge in [-0.3, -0.25) is 4.99 Å². The molecule has 0 amide bonds. The van der Waals surface area contributed by atoms with Crippen molar-refractivity contribution in [3.63, 3.8) is 0 Å². The third kappa shape index (κ3) is 5.50. The van der Waals surface area contributed by atoms with E-state index in [1.54, 1.807) is 0 Å². The van der Waals surface area contributed by atoms with Gasteiger partial charge < -0.3 is 19.9 Å². The molecule has 2 unspecified atom stereocenters. The highest BCUT2D eigenvalue weighted by atomic mass is 16.5. The molecule has 160 valence electrons. The summed E-state index contributed by atoms with van der Waals surface area (Å²) in [6.07, 6.45) is 3.65. The zero-order valence-electron chi connectivity index (χ0n) is 18.7. The molecule has 1 saturated heterocycles. The highest BCUT2D eigenvalue weighted by Crippen LogP contribution is 2.33. The summed E-state index contributed by atoms with van der Waals surface area (Å²) in [7, 11) is 1.83. The molecule has 0 spiro atoms. The summed E-state index contributed by atoms with van der Waals surface area (Å²) in [5.41, 5.74) is 2.44. The quantitative estimate of drug-likeness (QED) is 0.441. The lowest BCUT2D eigenvalue weighted by atomic mass is 9.78. The molecular weight excluding hydrogens is 362 g/mol. The first-order valence-corrected chi connectivity index (χ1v) is 10.9. The number of hydrogen-bond acceptors (Lipinski definition) is 3. The number of aliphatic imine (C=N–C) groups is 1. The minimum atomic E-state index is 0.162. The number of rotatable bonds is 6. The molecule has 6 nitrogen and oxygen atoms in total. The van der Waals surface area contributed by atoms with E-state index in [1.807, 2.05) is 13.1 Å². The van der Waals surface area contributed by atoms with E-state index in [1.165, 1.54) is 11.9 Å². The van der Waals surface area contributed by atoms with Gasteiger partial charge in [-0.2, -0.15) is 0 Å². The number of guanidine groups is 1.